The number of carbonyl (C=O) groups is 1. The van der Waals surface area contributed by atoms with Gasteiger partial charge in [-0.25, -0.2) is 9.78 Å². The summed E-state index contributed by atoms with van der Waals surface area (Å²) in [5.74, 6) is 0.550. The third-order valence-corrected chi connectivity index (χ3v) is 3.18. The number of urea groups is 1. The van der Waals surface area contributed by atoms with Gasteiger partial charge < -0.3 is 10.2 Å². The molecule has 2 rings (SSSR count). The zero-order valence-electron chi connectivity index (χ0n) is 13.2. The highest BCUT2D eigenvalue weighted by Crippen LogP contribution is 2.13. The SMILES string of the molecule is Cc1cccc(NC(=O)N[C@@H](CN(C)C)c2ccccc2)n1. The maximum Gasteiger partial charge on any atom is 0.320 e. The molecule has 1 aromatic heterocycles. The van der Waals surface area contributed by atoms with Gasteiger partial charge in [-0.15, -0.1) is 0 Å². The highest BCUT2D eigenvalue weighted by atomic mass is 16.2. The summed E-state index contributed by atoms with van der Waals surface area (Å²) in [6.45, 7) is 2.61. The van der Waals surface area contributed by atoms with Crippen molar-refractivity contribution in [2.45, 2.75) is 13.0 Å². The van der Waals surface area contributed by atoms with Gasteiger partial charge >= 0.3 is 6.03 Å². The van der Waals surface area contributed by atoms with Crippen molar-refractivity contribution in [2.75, 3.05) is 26.0 Å². The molecule has 1 aromatic carbocycles. The van der Waals surface area contributed by atoms with Crippen LogP contribution in [0.5, 0.6) is 0 Å². The van der Waals surface area contributed by atoms with Gasteiger partial charge in [0.2, 0.25) is 0 Å². The third-order valence-electron chi connectivity index (χ3n) is 3.18. The molecule has 0 aliphatic rings. The van der Waals surface area contributed by atoms with Gasteiger partial charge in [-0.2, -0.15) is 0 Å². The van der Waals surface area contributed by atoms with E-state index in [0.717, 1.165) is 17.8 Å². The number of likely N-dealkylation sites (N-methyl/N-ethyl adjacent to an activating group) is 1. The number of pyridine rings is 1. The molecular formula is C17H22N4O. The fourth-order valence-corrected chi connectivity index (χ4v) is 2.21. The quantitative estimate of drug-likeness (QED) is 0.892. The maximum atomic E-state index is 12.2. The number of anilines is 1. The van der Waals surface area contributed by atoms with Crippen LogP contribution in [0.4, 0.5) is 10.6 Å². The monoisotopic (exact) mass is 298 g/mol. The van der Waals surface area contributed by atoms with Crippen molar-refractivity contribution in [1.82, 2.24) is 15.2 Å². The van der Waals surface area contributed by atoms with E-state index in [1.165, 1.54) is 0 Å². The van der Waals surface area contributed by atoms with Crippen LogP contribution in [0.15, 0.2) is 48.5 Å². The molecule has 0 unspecified atom stereocenters. The van der Waals surface area contributed by atoms with Crippen LogP contribution in [0.3, 0.4) is 0 Å². The zero-order valence-corrected chi connectivity index (χ0v) is 13.2. The molecule has 1 atom stereocenters. The Morgan fingerprint density at radius 1 is 1.14 bits per heavy atom. The molecule has 2 N–H and O–H groups in total. The van der Waals surface area contributed by atoms with E-state index in [9.17, 15) is 4.79 Å². The van der Waals surface area contributed by atoms with Gasteiger partial charge in [0.1, 0.15) is 5.82 Å². The van der Waals surface area contributed by atoms with Crippen molar-refractivity contribution in [3.05, 3.63) is 59.8 Å². The van der Waals surface area contributed by atoms with E-state index in [1.54, 1.807) is 6.07 Å². The van der Waals surface area contributed by atoms with Gasteiger partial charge in [0.05, 0.1) is 6.04 Å². The Labute approximate surface area is 131 Å². The molecular weight excluding hydrogens is 276 g/mol. The van der Waals surface area contributed by atoms with Crippen LogP contribution in [0.1, 0.15) is 17.3 Å². The number of nitrogens with one attached hydrogen (secondary N) is 2. The van der Waals surface area contributed by atoms with Crippen molar-refractivity contribution in [3.8, 4) is 0 Å². The largest absolute Gasteiger partial charge is 0.330 e. The molecule has 2 aromatic rings. The van der Waals surface area contributed by atoms with Crippen LogP contribution in [0.2, 0.25) is 0 Å². The van der Waals surface area contributed by atoms with Gasteiger partial charge in [-0.1, -0.05) is 36.4 Å². The third kappa shape index (κ3) is 4.86. The molecule has 0 spiro atoms. The summed E-state index contributed by atoms with van der Waals surface area (Å²) in [6.07, 6.45) is 0. The molecule has 5 nitrogen and oxygen atoms in total. The predicted octanol–water partition coefficient (Wildman–Crippen LogP) is 2.81. The summed E-state index contributed by atoms with van der Waals surface area (Å²) in [5, 5.41) is 5.78. The van der Waals surface area contributed by atoms with Crippen LogP contribution in [-0.2, 0) is 0 Å². The lowest BCUT2D eigenvalue weighted by Crippen LogP contribution is -2.37. The van der Waals surface area contributed by atoms with Crippen molar-refractivity contribution in [3.63, 3.8) is 0 Å². The molecule has 0 aliphatic carbocycles. The van der Waals surface area contributed by atoms with Gasteiger partial charge in [-0.05, 0) is 38.7 Å². The van der Waals surface area contributed by atoms with E-state index in [1.807, 2.05) is 68.4 Å². The lowest BCUT2D eigenvalue weighted by atomic mass is 10.1. The van der Waals surface area contributed by atoms with E-state index in [-0.39, 0.29) is 12.1 Å². The molecule has 116 valence electrons. The van der Waals surface area contributed by atoms with Crippen molar-refractivity contribution in [1.29, 1.82) is 0 Å². The summed E-state index contributed by atoms with van der Waals surface area (Å²) in [5.41, 5.74) is 1.94. The van der Waals surface area contributed by atoms with E-state index >= 15 is 0 Å². The van der Waals surface area contributed by atoms with E-state index in [4.69, 9.17) is 0 Å². The lowest BCUT2D eigenvalue weighted by molar-refractivity contribution is 0.244. The standard InChI is InChI=1S/C17H22N4O/c1-13-8-7-11-16(18-13)20-17(22)19-15(12-21(2)3)14-9-5-4-6-10-14/h4-11,15H,12H2,1-3H3,(H2,18,19,20,22)/t15-/m0/s1. The van der Waals surface area contributed by atoms with E-state index in [0.29, 0.717) is 5.82 Å². The lowest BCUT2D eigenvalue weighted by Gasteiger charge is -2.23. The topological polar surface area (TPSA) is 57.3 Å². The summed E-state index contributed by atoms with van der Waals surface area (Å²) < 4.78 is 0. The average molecular weight is 298 g/mol. The second-order valence-corrected chi connectivity index (χ2v) is 5.49. The predicted molar refractivity (Wildman–Crippen MR) is 88.9 cm³/mol. The summed E-state index contributed by atoms with van der Waals surface area (Å²) in [4.78, 5) is 18.5. The molecule has 0 fully saturated rings. The number of aromatic nitrogens is 1. The zero-order chi connectivity index (χ0) is 15.9. The molecule has 5 heteroatoms. The Morgan fingerprint density at radius 2 is 1.86 bits per heavy atom. The Bertz CT molecular complexity index is 613. The van der Waals surface area contributed by atoms with Crippen LogP contribution in [-0.4, -0.2) is 36.6 Å². The van der Waals surface area contributed by atoms with E-state index < -0.39 is 0 Å². The first-order chi connectivity index (χ1) is 10.5. The minimum absolute atomic E-state index is 0.0824. The summed E-state index contributed by atoms with van der Waals surface area (Å²) >= 11 is 0. The Kier molecular flexibility index (Phi) is 5.49. The minimum Gasteiger partial charge on any atom is -0.330 e. The highest BCUT2D eigenvalue weighted by molar-refractivity contribution is 5.88. The Hall–Kier alpha value is -2.40. The van der Waals surface area contributed by atoms with Gasteiger partial charge in [0.25, 0.3) is 0 Å². The molecule has 0 aliphatic heterocycles. The van der Waals surface area contributed by atoms with Crippen LogP contribution in [0.25, 0.3) is 0 Å². The number of carbonyl (C=O) groups excluding carboxylic acids is 1. The summed E-state index contributed by atoms with van der Waals surface area (Å²) in [7, 11) is 3.97. The Morgan fingerprint density at radius 3 is 2.50 bits per heavy atom. The molecule has 1 heterocycles. The van der Waals surface area contributed by atoms with Crippen LogP contribution in [0, 0.1) is 6.92 Å². The average Bonchev–Trinajstić information content (AvgIpc) is 2.47. The number of hydrogen-bond donors (Lipinski definition) is 2. The smallest absolute Gasteiger partial charge is 0.320 e. The number of nitrogens with zero attached hydrogens (tertiary/aromatic N) is 2. The first-order valence-electron chi connectivity index (χ1n) is 7.25. The summed E-state index contributed by atoms with van der Waals surface area (Å²) in [6, 6.07) is 15.1. The minimum atomic E-state index is -0.256. The number of aryl methyl sites for hydroxylation is 1. The molecule has 0 saturated heterocycles. The van der Waals surface area contributed by atoms with E-state index in [2.05, 4.69) is 15.6 Å². The van der Waals surface area contributed by atoms with Gasteiger partial charge in [0, 0.05) is 12.2 Å². The van der Waals surface area contributed by atoms with Crippen LogP contribution < -0.4 is 10.6 Å². The number of hydrogen-bond acceptors (Lipinski definition) is 3. The molecule has 2 amide bonds. The Balaban J connectivity index is 2.05. The van der Waals surface area contributed by atoms with Gasteiger partial charge in [-0.3, -0.25) is 5.32 Å². The first kappa shape index (κ1) is 16.0. The second-order valence-electron chi connectivity index (χ2n) is 5.49. The maximum absolute atomic E-state index is 12.2. The fraction of sp³-hybridized carbons (Fsp3) is 0.294. The second kappa shape index (κ2) is 7.56. The van der Waals surface area contributed by atoms with Crippen molar-refractivity contribution in [2.24, 2.45) is 0 Å². The van der Waals surface area contributed by atoms with Crippen molar-refractivity contribution >= 4 is 11.8 Å². The number of rotatable bonds is 5. The van der Waals surface area contributed by atoms with Crippen molar-refractivity contribution < 1.29 is 4.79 Å². The highest BCUT2D eigenvalue weighted by Gasteiger charge is 2.15. The molecule has 0 saturated carbocycles. The number of amides is 2. The molecule has 0 radical (unpaired) electrons. The first-order valence-corrected chi connectivity index (χ1v) is 7.25. The van der Waals surface area contributed by atoms with Crippen LogP contribution >= 0.6 is 0 Å². The number of benzene rings is 1. The normalized spacial score (nSPS) is 12.0. The molecule has 22 heavy (non-hydrogen) atoms. The van der Waals surface area contributed by atoms with Gasteiger partial charge in [0.15, 0.2) is 0 Å². The fourth-order valence-electron chi connectivity index (χ4n) is 2.21. The molecule has 0 bridgehead atoms.